The maximum Gasteiger partial charge on any atom is 0.274 e. The monoisotopic (exact) mass is 284 g/mol. The van der Waals surface area contributed by atoms with Crippen molar-refractivity contribution in [3.05, 3.63) is 47.2 Å². The molecule has 0 atom stereocenters. The van der Waals surface area contributed by atoms with Crippen LogP contribution in [0.1, 0.15) is 15.5 Å². The highest BCUT2D eigenvalue weighted by molar-refractivity contribution is 7.18. The number of nitrogen functional groups attached to an aromatic ring is 1. The highest BCUT2D eigenvalue weighted by atomic mass is 32.1. The first-order chi connectivity index (χ1) is 9.61. The lowest BCUT2D eigenvalue weighted by Gasteiger charge is -2.04. The first kappa shape index (κ1) is 12.6. The topological polar surface area (TPSA) is 80.9 Å². The Morgan fingerprint density at radius 3 is 2.90 bits per heavy atom. The van der Waals surface area contributed by atoms with Crippen LogP contribution in [-0.2, 0) is 0 Å². The van der Waals surface area contributed by atoms with Crippen LogP contribution in [-0.4, -0.2) is 15.9 Å². The number of nitrogens with one attached hydrogen (secondary N) is 1. The Bertz CT molecular complexity index is 779. The van der Waals surface area contributed by atoms with Crippen molar-refractivity contribution in [1.82, 2.24) is 9.97 Å². The molecule has 6 heteroatoms. The van der Waals surface area contributed by atoms with Gasteiger partial charge in [0, 0.05) is 5.69 Å². The van der Waals surface area contributed by atoms with Gasteiger partial charge in [0.25, 0.3) is 5.91 Å². The fourth-order valence-electron chi connectivity index (χ4n) is 1.85. The summed E-state index contributed by atoms with van der Waals surface area (Å²) < 4.78 is 1.05. The minimum absolute atomic E-state index is 0.259. The summed E-state index contributed by atoms with van der Waals surface area (Å²) in [4.78, 5) is 20.4. The van der Waals surface area contributed by atoms with Crippen LogP contribution in [0.2, 0.25) is 0 Å². The van der Waals surface area contributed by atoms with E-state index < -0.39 is 0 Å². The Morgan fingerprint density at radius 2 is 2.15 bits per heavy atom. The largest absolute Gasteiger partial charge is 0.397 e. The molecule has 0 aliphatic heterocycles. The normalized spacial score (nSPS) is 10.7. The van der Waals surface area contributed by atoms with Gasteiger partial charge in [0.15, 0.2) is 0 Å². The van der Waals surface area contributed by atoms with Crippen LogP contribution in [0.5, 0.6) is 0 Å². The molecule has 0 aliphatic carbocycles. The maximum atomic E-state index is 12.0. The number of hydrogen-bond donors (Lipinski definition) is 2. The number of aryl methyl sites for hydroxylation is 1. The van der Waals surface area contributed by atoms with Crippen molar-refractivity contribution >= 4 is 38.8 Å². The molecule has 20 heavy (non-hydrogen) atoms. The Labute approximate surface area is 119 Å². The van der Waals surface area contributed by atoms with Gasteiger partial charge in [-0.25, -0.2) is 9.97 Å². The van der Waals surface area contributed by atoms with Crippen molar-refractivity contribution in [3.63, 3.8) is 0 Å². The molecular weight excluding hydrogens is 272 g/mol. The molecule has 0 bridgehead atoms. The highest BCUT2D eigenvalue weighted by Crippen LogP contribution is 2.24. The highest BCUT2D eigenvalue weighted by Gasteiger charge is 2.08. The molecule has 5 nitrogen and oxygen atoms in total. The molecule has 0 aliphatic rings. The quantitative estimate of drug-likeness (QED) is 0.758. The third-order valence-corrected chi connectivity index (χ3v) is 3.71. The fourth-order valence-corrected chi connectivity index (χ4v) is 2.72. The van der Waals surface area contributed by atoms with Gasteiger partial charge in [0.1, 0.15) is 5.69 Å². The van der Waals surface area contributed by atoms with Crippen LogP contribution >= 0.6 is 11.3 Å². The van der Waals surface area contributed by atoms with E-state index in [0.717, 1.165) is 20.9 Å². The lowest BCUT2D eigenvalue weighted by atomic mass is 10.2. The molecule has 0 radical (unpaired) electrons. The Hall–Kier alpha value is -2.47. The lowest BCUT2D eigenvalue weighted by molar-refractivity contribution is 0.102. The minimum Gasteiger partial charge on any atom is -0.397 e. The number of nitrogens with zero attached hydrogens (tertiary/aromatic N) is 2. The molecule has 2 aromatic heterocycles. The summed E-state index contributed by atoms with van der Waals surface area (Å²) in [5.41, 5.74) is 8.08. The van der Waals surface area contributed by atoms with E-state index in [0.29, 0.717) is 11.4 Å². The van der Waals surface area contributed by atoms with Crippen molar-refractivity contribution < 1.29 is 4.79 Å². The molecule has 100 valence electrons. The van der Waals surface area contributed by atoms with Gasteiger partial charge in [-0.3, -0.25) is 4.79 Å². The van der Waals surface area contributed by atoms with Crippen LogP contribution in [0, 0.1) is 6.92 Å². The van der Waals surface area contributed by atoms with E-state index in [9.17, 15) is 4.79 Å². The first-order valence-electron chi connectivity index (χ1n) is 6.02. The molecule has 0 fully saturated rings. The molecule has 0 unspecified atom stereocenters. The van der Waals surface area contributed by atoms with Crippen molar-refractivity contribution in [2.24, 2.45) is 0 Å². The average molecular weight is 284 g/mol. The van der Waals surface area contributed by atoms with Crippen molar-refractivity contribution in [1.29, 1.82) is 0 Å². The molecule has 1 aromatic carbocycles. The summed E-state index contributed by atoms with van der Waals surface area (Å²) in [5.74, 6) is -0.259. The summed E-state index contributed by atoms with van der Waals surface area (Å²) in [5, 5.41) is 3.82. The van der Waals surface area contributed by atoms with E-state index in [-0.39, 0.29) is 5.91 Å². The molecule has 3 aromatic rings. The SMILES string of the molecule is Cc1nc2ccc(NC(=O)c3ccc(N)cn3)cc2s1. The molecule has 0 saturated heterocycles. The molecule has 0 spiro atoms. The average Bonchev–Trinajstić information content (AvgIpc) is 2.78. The Kier molecular flexibility index (Phi) is 3.08. The second kappa shape index (κ2) is 4.90. The van der Waals surface area contributed by atoms with Gasteiger partial charge in [0.2, 0.25) is 0 Å². The van der Waals surface area contributed by atoms with Gasteiger partial charge in [-0.15, -0.1) is 11.3 Å². The van der Waals surface area contributed by atoms with Crippen LogP contribution in [0.25, 0.3) is 10.2 Å². The molecule has 2 heterocycles. The van der Waals surface area contributed by atoms with Crippen LogP contribution in [0.3, 0.4) is 0 Å². The zero-order valence-electron chi connectivity index (χ0n) is 10.8. The molecule has 3 N–H and O–H groups in total. The van der Waals surface area contributed by atoms with Gasteiger partial charge in [-0.1, -0.05) is 0 Å². The Balaban J connectivity index is 1.84. The number of thiazole rings is 1. The third kappa shape index (κ3) is 2.46. The second-order valence-corrected chi connectivity index (χ2v) is 5.58. The minimum atomic E-state index is -0.259. The van der Waals surface area contributed by atoms with Crippen LogP contribution in [0.4, 0.5) is 11.4 Å². The molecule has 1 amide bonds. The standard InChI is InChI=1S/C14H12N4OS/c1-8-17-11-5-3-10(6-13(11)20-8)18-14(19)12-4-2-9(15)7-16-12/h2-7H,15H2,1H3,(H,18,19). The number of fused-ring (bicyclic) bond motifs is 1. The summed E-state index contributed by atoms with van der Waals surface area (Å²) in [7, 11) is 0. The summed E-state index contributed by atoms with van der Waals surface area (Å²) in [6, 6.07) is 8.88. The molecule has 3 rings (SSSR count). The Morgan fingerprint density at radius 1 is 1.30 bits per heavy atom. The number of benzene rings is 1. The van der Waals surface area contributed by atoms with Gasteiger partial charge >= 0.3 is 0 Å². The van der Waals surface area contributed by atoms with Crippen molar-refractivity contribution in [3.8, 4) is 0 Å². The molecular formula is C14H12N4OS. The summed E-state index contributed by atoms with van der Waals surface area (Å²) >= 11 is 1.60. The number of nitrogens with two attached hydrogens (primary N) is 1. The maximum absolute atomic E-state index is 12.0. The van der Waals surface area contributed by atoms with Crippen LogP contribution < -0.4 is 11.1 Å². The lowest BCUT2D eigenvalue weighted by Crippen LogP contribution is -2.13. The molecule has 0 saturated carbocycles. The summed E-state index contributed by atoms with van der Waals surface area (Å²) in [6.07, 6.45) is 1.46. The number of anilines is 2. The van der Waals surface area contributed by atoms with Crippen LogP contribution in [0.15, 0.2) is 36.5 Å². The zero-order chi connectivity index (χ0) is 14.1. The number of carbonyl (C=O) groups excluding carboxylic acids is 1. The first-order valence-corrected chi connectivity index (χ1v) is 6.83. The number of rotatable bonds is 2. The van der Waals surface area contributed by atoms with E-state index in [4.69, 9.17) is 5.73 Å². The van der Waals surface area contributed by atoms with E-state index in [1.165, 1.54) is 6.20 Å². The zero-order valence-corrected chi connectivity index (χ0v) is 11.6. The van der Waals surface area contributed by atoms with Gasteiger partial charge in [-0.05, 0) is 37.3 Å². The number of aromatic nitrogens is 2. The van der Waals surface area contributed by atoms with E-state index in [2.05, 4.69) is 15.3 Å². The fraction of sp³-hybridized carbons (Fsp3) is 0.0714. The van der Waals surface area contributed by atoms with Crippen molar-refractivity contribution in [2.75, 3.05) is 11.1 Å². The number of pyridine rings is 1. The van der Waals surface area contributed by atoms with E-state index in [1.54, 1.807) is 23.5 Å². The van der Waals surface area contributed by atoms with Gasteiger partial charge in [-0.2, -0.15) is 0 Å². The van der Waals surface area contributed by atoms with E-state index in [1.807, 2.05) is 25.1 Å². The smallest absolute Gasteiger partial charge is 0.274 e. The number of carbonyl (C=O) groups is 1. The third-order valence-electron chi connectivity index (χ3n) is 2.77. The number of hydrogen-bond acceptors (Lipinski definition) is 5. The predicted molar refractivity (Wildman–Crippen MR) is 81.0 cm³/mol. The van der Waals surface area contributed by atoms with Gasteiger partial charge in [0.05, 0.1) is 27.1 Å². The van der Waals surface area contributed by atoms with Crippen molar-refractivity contribution in [2.45, 2.75) is 6.92 Å². The predicted octanol–water partition coefficient (Wildman–Crippen LogP) is 2.83. The second-order valence-electron chi connectivity index (χ2n) is 4.35. The van der Waals surface area contributed by atoms with Gasteiger partial charge < -0.3 is 11.1 Å². The number of amides is 1. The summed E-state index contributed by atoms with van der Waals surface area (Å²) in [6.45, 7) is 1.96. The van der Waals surface area contributed by atoms with E-state index >= 15 is 0 Å².